The van der Waals surface area contributed by atoms with Crippen molar-refractivity contribution in [2.24, 2.45) is 0 Å². The first-order valence-electron chi connectivity index (χ1n) is 8.32. The van der Waals surface area contributed by atoms with Crippen LogP contribution in [0.1, 0.15) is 12.5 Å². The van der Waals surface area contributed by atoms with Crippen LogP contribution >= 0.6 is 11.8 Å². The van der Waals surface area contributed by atoms with E-state index in [0.717, 1.165) is 21.7 Å². The van der Waals surface area contributed by atoms with Gasteiger partial charge in [-0.15, -0.1) is 11.8 Å². The van der Waals surface area contributed by atoms with Crippen molar-refractivity contribution in [1.82, 2.24) is 0 Å². The van der Waals surface area contributed by atoms with E-state index in [2.05, 4.69) is 48.6 Å². The predicted molar refractivity (Wildman–Crippen MR) is 107 cm³/mol. The molecule has 0 aliphatic rings. The van der Waals surface area contributed by atoms with E-state index in [-0.39, 0.29) is 11.2 Å². The molecule has 0 radical (unpaired) electrons. The molecular weight excluding hydrogens is 326 g/mol. The maximum absolute atomic E-state index is 12.6. The fourth-order valence-corrected chi connectivity index (χ4v) is 3.44. The number of carbonyl (C=O) groups excluding carboxylic acids is 1. The smallest absolute Gasteiger partial charge is 0.237 e. The van der Waals surface area contributed by atoms with Gasteiger partial charge in [-0.3, -0.25) is 4.79 Å². The first kappa shape index (κ1) is 17.3. The largest absolute Gasteiger partial charge is 0.325 e. The Balaban J connectivity index is 1.74. The van der Waals surface area contributed by atoms with E-state index in [1.807, 2.05) is 49.4 Å². The molecule has 126 valence electrons. The number of rotatable bonds is 5. The minimum Gasteiger partial charge on any atom is -0.325 e. The zero-order valence-electron chi connectivity index (χ0n) is 14.4. The van der Waals surface area contributed by atoms with Crippen LogP contribution in [0, 0.1) is 6.92 Å². The second kappa shape index (κ2) is 8.04. The summed E-state index contributed by atoms with van der Waals surface area (Å²) in [7, 11) is 0. The lowest BCUT2D eigenvalue weighted by atomic mass is 10.0. The Hall–Kier alpha value is -2.52. The number of nitrogens with one attached hydrogen (secondary N) is 1. The first-order chi connectivity index (χ1) is 12.1. The monoisotopic (exact) mass is 347 g/mol. The maximum Gasteiger partial charge on any atom is 0.237 e. The Labute approximate surface area is 153 Å². The number of anilines is 1. The number of thioether (sulfide) groups is 1. The summed E-state index contributed by atoms with van der Waals surface area (Å²) in [6, 6.07) is 26.3. The molecule has 0 bridgehead atoms. The van der Waals surface area contributed by atoms with Crippen LogP contribution in [-0.4, -0.2) is 11.2 Å². The third-order valence-electron chi connectivity index (χ3n) is 3.97. The molecule has 0 saturated heterocycles. The number of hydrogen-bond acceptors (Lipinski definition) is 2. The fraction of sp³-hybridized carbons (Fsp3) is 0.136. The molecule has 1 amide bonds. The topological polar surface area (TPSA) is 29.1 Å². The maximum atomic E-state index is 12.6. The Kier molecular flexibility index (Phi) is 5.56. The summed E-state index contributed by atoms with van der Waals surface area (Å²) in [6.07, 6.45) is 0. The summed E-state index contributed by atoms with van der Waals surface area (Å²) in [4.78, 5) is 13.7. The van der Waals surface area contributed by atoms with Crippen LogP contribution in [0.15, 0.2) is 83.8 Å². The van der Waals surface area contributed by atoms with Crippen molar-refractivity contribution < 1.29 is 4.79 Å². The van der Waals surface area contributed by atoms with Gasteiger partial charge < -0.3 is 5.32 Å². The molecule has 0 saturated carbocycles. The quantitative estimate of drug-likeness (QED) is 0.593. The number of amides is 1. The molecule has 0 aromatic heterocycles. The van der Waals surface area contributed by atoms with Gasteiger partial charge in [0.2, 0.25) is 5.91 Å². The van der Waals surface area contributed by atoms with Crippen LogP contribution in [0.2, 0.25) is 0 Å². The minimum atomic E-state index is -0.175. The fourth-order valence-electron chi connectivity index (χ4n) is 2.57. The van der Waals surface area contributed by atoms with Crippen LogP contribution in [0.3, 0.4) is 0 Å². The van der Waals surface area contributed by atoms with E-state index >= 15 is 0 Å². The molecule has 3 aromatic rings. The molecule has 1 N–H and O–H groups in total. The Bertz CT molecular complexity index is 843. The van der Waals surface area contributed by atoms with Gasteiger partial charge in [0.1, 0.15) is 0 Å². The molecule has 0 aliphatic carbocycles. The second-order valence-corrected chi connectivity index (χ2v) is 7.39. The molecule has 3 aromatic carbocycles. The molecule has 0 spiro atoms. The Morgan fingerprint density at radius 2 is 1.52 bits per heavy atom. The summed E-state index contributed by atoms with van der Waals surface area (Å²) in [5, 5.41) is 2.91. The lowest BCUT2D eigenvalue weighted by molar-refractivity contribution is -0.115. The van der Waals surface area contributed by atoms with E-state index in [1.54, 1.807) is 11.8 Å². The van der Waals surface area contributed by atoms with Gasteiger partial charge in [0.25, 0.3) is 0 Å². The van der Waals surface area contributed by atoms with E-state index in [9.17, 15) is 4.79 Å². The highest BCUT2D eigenvalue weighted by atomic mass is 32.2. The number of carbonyl (C=O) groups is 1. The normalized spacial score (nSPS) is 11.8. The number of hydrogen-bond donors (Lipinski definition) is 1. The van der Waals surface area contributed by atoms with Gasteiger partial charge in [-0.1, -0.05) is 66.2 Å². The highest BCUT2D eigenvalue weighted by Crippen LogP contribution is 2.29. The summed E-state index contributed by atoms with van der Waals surface area (Å²) < 4.78 is 0. The third kappa shape index (κ3) is 4.52. The van der Waals surface area contributed by atoms with Crippen molar-refractivity contribution in [3.05, 3.63) is 84.4 Å². The molecule has 0 fully saturated rings. The first-order valence-corrected chi connectivity index (χ1v) is 9.20. The van der Waals surface area contributed by atoms with Gasteiger partial charge >= 0.3 is 0 Å². The van der Waals surface area contributed by atoms with Crippen LogP contribution in [0.25, 0.3) is 11.1 Å². The van der Waals surface area contributed by atoms with E-state index < -0.39 is 0 Å². The van der Waals surface area contributed by atoms with Gasteiger partial charge in [-0.05, 0) is 37.6 Å². The van der Waals surface area contributed by atoms with E-state index in [0.29, 0.717) is 0 Å². The number of benzene rings is 3. The molecule has 25 heavy (non-hydrogen) atoms. The van der Waals surface area contributed by atoms with E-state index in [1.165, 1.54) is 5.56 Å². The number of aryl methyl sites for hydroxylation is 1. The second-order valence-electron chi connectivity index (χ2n) is 5.97. The van der Waals surface area contributed by atoms with Gasteiger partial charge in [-0.25, -0.2) is 0 Å². The molecule has 1 atom stereocenters. The highest BCUT2D eigenvalue weighted by molar-refractivity contribution is 8.00. The summed E-state index contributed by atoms with van der Waals surface area (Å²) in [6.45, 7) is 4.00. The van der Waals surface area contributed by atoms with Crippen LogP contribution in [0.5, 0.6) is 0 Å². The molecule has 0 unspecified atom stereocenters. The lowest BCUT2D eigenvalue weighted by Crippen LogP contribution is -2.22. The van der Waals surface area contributed by atoms with Crippen molar-refractivity contribution in [3.8, 4) is 11.1 Å². The Morgan fingerprint density at radius 1 is 0.880 bits per heavy atom. The zero-order chi connectivity index (χ0) is 17.6. The number of para-hydroxylation sites is 1. The van der Waals surface area contributed by atoms with Crippen molar-refractivity contribution in [3.63, 3.8) is 0 Å². The summed E-state index contributed by atoms with van der Waals surface area (Å²) in [5.74, 6) is 0.00829. The van der Waals surface area contributed by atoms with Crippen molar-refractivity contribution in [2.45, 2.75) is 24.0 Å². The average Bonchev–Trinajstić information content (AvgIpc) is 2.64. The van der Waals surface area contributed by atoms with Gasteiger partial charge in [-0.2, -0.15) is 0 Å². The molecule has 3 rings (SSSR count). The third-order valence-corrected chi connectivity index (χ3v) is 5.08. The lowest BCUT2D eigenvalue weighted by Gasteiger charge is -2.15. The van der Waals surface area contributed by atoms with Crippen LogP contribution < -0.4 is 5.32 Å². The SMILES string of the molecule is Cc1ccc(S[C@@H](C)C(=O)Nc2ccccc2-c2ccccc2)cc1. The molecule has 3 heteroatoms. The van der Waals surface area contributed by atoms with Crippen LogP contribution in [-0.2, 0) is 4.79 Å². The molecule has 0 heterocycles. The standard InChI is InChI=1S/C22H21NOS/c1-16-12-14-19(15-13-16)25-17(2)22(24)23-21-11-7-6-10-20(21)18-8-4-3-5-9-18/h3-15,17H,1-2H3,(H,23,24)/t17-/m0/s1. The van der Waals surface area contributed by atoms with E-state index in [4.69, 9.17) is 0 Å². The van der Waals surface area contributed by atoms with Gasteiger partial charge in [0.05, 0.1) is 5.25 Å². The predicted octanol–water partition coefficient (Wildman–Crippen LogP) is 5.78. The van der Waals surface area contributed by atoms with Gasteiger partial charge in [0.15, 0.2) is 0 Å². The molecule has 2 nitrogen and oxygen atoms in total. The highest BCUT2D eigenvalue weighted by Gasteiger charge is 2.16. The molecular formula is C22H21NOS. The van der Waals surface area contributed by atoms with Crippen molar-refractivity contribution in [1.29, 1.82) is 0 Å². The Morgan fingerprint density at radius 3 is 2.24 bits per heavy atom. The summed E-state index contributed by atoms with van der Waals surface area (Å²) in [5.41, 5.74) is 4.19. The van der Waals surface area contributed by atoms with Crippen LogP contribution in [0.4, 0.5) is 5.69 Å². The molecule has 0 aliphatic heterocycles. The summed E-state index contributed by atoms with van der Waals surface area (Å²) >= 11 is 1.57. The zero-order valence-corrected chi connectivity index (χ0v) is 15.2. The average molecular weight is 347 g/mol. The van der Waals surface area contributed by atoms with Crippen molar-refractivity contribution >= 4 is 23.4 Å². The minimum absolute atomic E-state index is 0.00829. The van der Waals surface area contributed by atoms with Gasteiger partial charge in [0, 0.05) is 16.1 Å². The van der Waals surface area contributed by atoms with Crippen molar-refractivity contribution in [2.75, 3.05) is 5.32 Å².